The second-order valence-electron chi connectivity index (χ2n) is 5.26. The summed E-state index contributed by atoms with van der Waals surface area (Å²) in [6.45, 7) is 0. The minimum Gasteiger partial charge on any atom is -0.290 e. The highest BCUT2D eigenvalue weighted by Crippen LogP contribution is 2.19. The van der Waals surface area contributed by atoms with E-state index in [1.807, 2.05) is 6.07 Å². The number of benzene rings is 2. The second kappa shape index (κ2) is 6.78. The van der Waals surface area contributed by atoms with Crippen molar-refractivity contribution in [3.8, 4) is 0 Å². The van der Waals surface area contributed by atoms with Crippen molar-refractivity contribution in [3.05, 3.63) is 65.0 Å². The lowest BCUT2D eigenvalue weighted by atomic mass is 10.2. The fraction of sp³-hybridized carbons (Fsp3) is 0.176. The zero-order chi connectivity index (χ0) is 17.2. The Morgan fingerprint density at radius 3 is 2.46 bits per heavy atom. The number of aromatic nitrogens is 2. The van der Waals surface area contributed by atoms with Crippen LogP contribution in [-0.4, -0.2) is 29.5 Å². The minimum atomic E-state index is -3.33. The van der Waals surface area contributed by atoms with Crippen LogP contribution >= 0.6 is 11.8 Å². The number of sulfone groups is 1. The Morgan fingerprint density at radius 1 is 1.04 bits per heavy atom. The number of fused-ring (bicyclic) bond motifs is 1. The van der Waals surface area contributed by atoms with Crippen LogP contribution in [0.4, 0.5) is 0 Å². The zero-order valence-corrected chi connectivity index (χ0v) is 14.7. The lowest BCUT2D eigenvalue weighted by Crippen LogP contribution is -2.20. The van der Waals surface area contributed by atoms with Crippen LogP contribution in [0.3, 0.4) is 0 Å². The zero-order valence-electron chi connectivity index (χ0n) is 13.0. The molecule has 124 valence electrons. The van der Waals surface area contributed by atoms with Crippen LogP contribution in [0.25, 0.3) is 10.9 Å². The van der Waals surface area contributed by atoms with Gasteiger partial charge in [0.05, 0.1) is 21.6 Å². The van der Waals surface area contributed by atoms with Crippen LogP contribution in [0, 0.1) is 0 Å². The Labute approximate surface area is 144 Å². The molecule has 0 spiro atoms. The van der Waals surface area contributed by atoms with Crippen LogP contribution in [0.15, 0.2) is 69.4 Å². The average Bonchev–Trinajstić information content (AvgIpc) is 2.60. The fourth-order valence-corrected chi connectivity index (χ4v) is 4.96. The van der Waals surface area contributed by atoms with Gasteiger partial charge in [0, 0.05) is 12.8 Å². The van der Waals surface area contributed by atoms with Crippen molar-refractivity contribution in [3.63, 3.8) is 0 Å². The van der Waals surface area contributed by atoms with Crippen LogP contribution in [0.5, 0.6) is 0 Å². The van der Waals surface area contributed by atoms with Crippen LogP contribution in [0.2, 0.25) is 0 Å². The van der Waals surface area contributed by atoms with Crippen molar-refractivity contribution in [2.75, 3.05) is 11.5 Å². The maximum absolute atomic E-state index is 12.3. The van der Waals surface area contributed by atoms with Gasteiger partial charge in [0.15, 0.2) is 15.0 Å². The Balaban J connectivity index is 1.79. The Bertz CT molecular complexity index is 1030. The molecule has 0 radical (unpaired) electrons. The van der Waals surface area contributed by atoms with Gasteiger partial charge >= 0.3 is 0 Å². The molecular formula is C17H16N2O3S2. The molecule has 0 fully saturated rings. The van der Waals surface area contributed by atoms with E-state index in [1.54, 1.807) is 55.6 Å². The van der Waals surface area contributed by atoms with Crippen LogP contribution in [0.1, 0.15) is 0 Å². The largest absolute Gasteiger partial charge is 0.290 e. The summed E-state index contributed by atoms with van der Waals surface area (Å²) in [4.78, 5) is 17.1. The summed E-state index contributed by atoms with van der Waals surface area (Å²) in [6, 6.07) is 15.5. The van der Waals surface area contributed by atoms with E-state index in [1.165, 1.54) is 16.3 Å². The van der Waals surface area contributed by atoms with Crippen molar-refractivity contribution >= 4 is 32.5 Å². The standard InChI is InChI=1S/C17H16N2O3S2/c1-19-16(20)14-9-5-6-10-15(14)18-17(19)23-11-12-24(21,22)13-7-3-2-4-8-13/h2-10H,11-12H2,1H3. The molecule has 0 aliphatic heterocycles. The molecule has 24 heavy (non-hydrogen) atoms. The van der Waals surface area contributed by atoms with E-state index in [0.29, 0.717) is 26.7 Å². The Morgan fingerprint density at radius 2 is 1.71 bits per heavy atom. The summed E-state index contributed by atoms with van der Waals surface area (Å²) >= 11 is 1.27. The molecule has 0 bridgehead atoms. The molecule has 1 aromatic heterocycles. The molecule has 2 aromatic carbocycles. The first kappa shape index (κ1) is 16.7. The molecule has 1 heterocycles. The monoisotopic (exact) mass is 360 g/mol. The summed E-state index contributed by atoms with van der Waals surface area (Å²) in [5.74, 6) is 0.320. The summed E-state index contributed by atoms with van der Waals surface area (Å²) in [5.41, 5.74) is 0.489. The third-order valence-corrected chi connectivity index (χ3v) is 6.65. The van der Waals surface area contributed by atoms with Gasteiger partial charge in [-0.1, -0.05) is 42.1 Å². The minimum absolute atomic E-state index is 0.00955. The van der Waals surface area contributed by atoms with Gasteiger partial charge in [0.2, 0.25) is 0 Å². The van der Waals surface area contributed by atoms with Crippen molar-refractivity contribution < 1.29 is 8.42 Å². The Hall–Kier alpha value is -2.12. The molecule has 5 nitrogen and oxygen atoms in total. The molecule has 0 atom stereocenters. The molecule has 0 amide bonds. The molecule has 3 rings (SSSR count). The SMILES string of the molecule is Cn1c(SCCS(=O)(=O)c2ccccc2)nc2ccccc2c1=O. The highest BCUT2D eigenvalue weighted by molar-refractivity contribution is 8.00. The first-order chi connectivity index (χ1) is 11.5. The van der Waals surface area contributed by atoms with E-state index in [0.717, 1.165) is 0 Å². The summed E-state index contributed by atoms with van der Waals surface area (Å²) in [5, 5.41) is 1.07. The molecule has 0 aliphatic carbocycles. The normalized spacial score (nSPS) is 11.7. The topological polar surface area (TPSA) is 69.0 Å². The maximum atomic E-state index is 12.3. The van der Waals surface area contributed by atoms with E-state index >= 15 is 0 Å². The summed E-state index contributed by atoms with van der Waals surface area (Å²) in [6.07, 6.45) is 0. The van der Waals surface area contributed by atoms with Crippen LogP contribution < -0.4 is 5.56 Å². The van der Waals surface area contributed by atoms with Crippen molar-refractivity contribution in [1.82, 2.24) is 9.55 Å². The molecule has 0 unspecified atom stereocenters. The van der Waals surface area contributed by atoms with Gasteiger partial charge in [-0.15, -0.1) is 0 Å². The number of nitrogens with zero attached hydrogens (tertiary/aromatic N) is 2. The van der Waals surface area contributed by atoms with Crippen LogP contribution in [-0.2, 0) is 16.9 Å². The fourth-order valence-electron chi connectivity index (χ4n) is 2.32. The van der Waals surface area contributed by atoms with E-state index < -0.39 is 9.84 Å². The first-order valence-electron chi connectivity index (χ1n) is 7.35. The molecule has 0 N–H and O–H groups in total. The van der Waals surface area contributed by atoms with E-state index in [9.17, 15) is 13.2 Å². The van der Waals surface area contributed by atoms with E-state index in [2.05, 4.69) is 4.98 Å². The predicted molar refractivity (Wildman–Crippen MR) is 96.2 cm³/mol. The van der Waals surface area contributed by atoms with Gasteiger partial charge in [0.1, 0.15) is 0 Å². The number of hydrogen-bond donors (Lipinski definition) is 0. The van der Waals surface area contributed by atoms with E-state index in [-0.39, 0.29) is 11.3 Å². The Kier molecular flexibility index (Phi) is 4.73. The highest BCUT2D eigenvalue weighted by atomic mass is 32.2. The number of rotatable bonds is 5. The highest BCUT2D eigenvalue weighted by Gasteiger charge is 2.15. The van der Waals surface area contributed by atoms with Gasteiger partial charge in [0.25, 0.3) is 5.56 Å². The van der Waals surface area contributed by atoms with Crippen molar-refractivity contribution in [2.45, 2.75) is 10.1 Å². The molecule has 7 heteroatoms. The average molecular weight is 360 g/mol. The number of para-hydroxylation sites is 1. The molecular weight excluding hydrogens is 344 g/mol. The van der Waals surface area contributed by atoms with Gasteiger partial charge in [-0.05, 0) is 24.3 Å². The first-order valence-corrected chi connectivity index (χ1v) is 9.99. The molecule has 0 saturated heterocycles. The third-order valence-electron chi connectivity index (χ3n) is 3.63. The van der Waals surface area contributed by atoms with Gasteiger partial charge < -0.3 is 0 Å². The molecule has 0 saturated carbocycles. The molecule has 3 aromatic rings. The number of thioether (sulfide) groups is 1. The maximum Gasteiger partial charge on any atom is 0.261 e. The lowest BCUT2D eigenvalue weighted by molar-refractivity contribution is 0.597. The lowest BCUT2D eigenvalue weighted by Gasteiger charge is -2.09. The number of hydrogen-bond acceptors (Lipinski definition) is 5. The quantitative estimate of drug-likeness (QED) is 0.516. The third kappa shape index (κ3) is 3.37. The van der Waals surface area contributed by atoms with Gasteiger partial charge in [-0.2, -0.15) is 0 Å². The summed E-state index contributed by atoms with van der Waals surface area (Å²) in [7, 11) is -1.68. The van der Waals surface area contributed by atoms with Crippen molar-refractivity contribution in [1.29, 1.82) is 0 Å². The second-order valence-corrected chi connectivity index (χ2v) is 8.43. The molecule has 0 aliphatic rings. The van der Waals surface area contributed by atoms with Gasteiger partial charge in [-0.25, -0.2) is 13.4 Å². The predicted octanol–water partition coefficient (Wildman–Crippen LogP) is 2.50. The summed E-state index contributed by atoms with van der Waals surface area (Å²) < 4.78 is 26.0. The van der Waals surface area contributed by atoms with Gasteiger partial charge in [-0.3, -0.25) is 9.36 Å². The van der Waals surface area contributed by atoms with E-state index in [4.69, 9.17) is 0 Å². The smallest absolute Gasteiger partial charge is 0.261 e. The van der Waals surface area contributed by atoms with Crippen molar-refractivity contribution in [2.24, 2.45) is 7.05 Å².